The van der Waals surface area contributed by atoms with Crippen molar-refractivity contribution in [3.8, 4) is 5.75 Å². The van der Waals surface area contributed by atoms with Gasteiger partial charge < -0.3 is 14.6 Å². The van der Waals surface area contributed by atoms with Gasteiger partial charge in [0, 0.05) is 0 Å². The molecule has 17 heavy (non-hydrogen) atoms. The van der Waals surface area contributed by atoms with Crippen LogP contribution in [0.5, 0.6) is 5.75 Å². The number of benzene rings is 1. The number of hydrogen-bond donors (Lipinski definition) is 0. The predicted molar refractivity (Wildman–Crippen MR) is 65.4 cm³/mol. The first kappa shape index (κ1) is 13.3. The van der Waals surface area contributed by atoms with Crippen molar-refractivity contribution in [3.05, 3.63) is 35.9 Å². The molecular formula is C14H17O3-. The smallest absolute Gasteiger partial charge is 0.119 e. The molecule has 0 fully saturated rings. The van der Waals surface area contributed by atoms with E-state index in [4.69, 9.17) is 4.74 Å². The van der Waals surface area contributed by atoms with Gasteiger partial charge in [0.15, 0.2) is 0 Å². The number of carbonyl (C=O) groups is 1. The lowest BCUT2D eigenvalue weighted by atomic mass is 10.1. The van der Waals surface area contributed by atoms with E-state index in [1.807, 2.05) is 24.3 Å². The summed E-state index contributed by atoms with van der Waals surface area (Å²) in [6, 6.07) is 7.28. The summed E-state index contributed by atoms with van der Waals surface area (Å²) < 4.78 is 5.54. The molecule has 0 spiro atoms. The van der Waals surface area contributed by atoms with Crippen LogP contribution in [0.4, 0.5) is 0 Å². The Bertz CT molecular complexity index is 377. The van der Waals surface area contributed by atoms with Crippen molar-refractivity contribution in [2.75, 3.05) is 6.61 Å². The molecule has 92 valence electrons. The predicted octanol–water partition coefficient (Wildman–Crippen LogP) is 1.87. The third kappa shape index (κ3) is 5.76. The third-order valence-electron chi connectivity index (χ3n) is 2.26. The first-order chi connectivity index (χ1) is 8.08. The van der Waals surface area contributed by atoms with Crippen LogP contribution in [0.25, 0.3) is 6.08 Å². The van der Waals surface area contributed by atoms with E-state index in [1.165, 1.54) is 6.08 Å². The minimum Gasteiger partial charge on any atom is -0.545 e. The molecule has 0 aliphatic heterocycles. The minimum atomic E-state index is -1.19. The van der Waals surface area contributed by atoms with Crippen molar-refractivity contribution in [2.45, 2.75) is 20.3 Å². The second-order valence-corrected chi connectivity index (χ2v) is 4.25. The highest BCUT2D eigenvalue weighted by molar-refractivity contribution is 5.83. The summed E-state index contributed by atoms with van der Waals surface area (Å²) in [6.45, 7) is 5.00. The van der Waals surface area contributed by atoms with Gasteiger partial charge in [-0.15, -0.1) is 0 Å². The largest absolute Gasteiger partial charge is 0.545 e. The van der Waals surface area contributed by atoms with Crippen LogP contribution < -0.4 is 9.84 Å². The van der Waals surface area contributed by atoms with Gasteiger partial charge in [-0.1, -0.05) is 32.1 Å². The Morgan fingerprint density at radius 3 is 2.53 bits per heavy atom. The molecule has 0 bridgehead atoms. The Labute approximate surface area is 102 Å². The molecule has 1 aromatic rings. The lowest BCUT2D eigenvalue weighted by Crippen LogP contribution is -2.18. The van der Waals surface area contributed by atoms with Crippen molar-refractivity contribution in [2.24, 2.45) is 5.92 Å². The number of hydrogen-bond acceptors (Lipinski definition) is 3. The first-order valence-electron chi connectivity index (χ1n) is 5.70. The molecule has 0 saturated heterocycles. The standard InChI is InChI=1S/C14H18O3/c1-11(2)9-10-17-13-6-3-12(4-7-13)5-8-14(15)16/h3-8,11H,9-10H2,1-2H3,(H,15,16)/p-1. The number of carboxylic acids is 1. The molecule has 3 nitrogen and oxygen atoms in total. The van der Waals surface area contributed by atoms with Crippen LogP contribution in [-0.2, 0) is 4.79 Å². The summed E-state index contributed by atoms with van der Waals surface area (Å²) >= 11 is 0. The molecule has 3 heteroatoms. The Balaban J connectivity index is 2.47. The summed E-state index contributed by atoms with van der Waals surface area (Å²) in [5.74, 6) is 0.235. The monoisotopic (exact) mass is 233 g/mol. The van der Waals surface area contributed by atoms with Gasteiger partial charge in [-0.05, 0) is 36.1 Å². The Kier molecular flexibility index (Phi) is 5.27. The van der Waals surface area contributed by atoms with E-state index in [1.54, 1.807) is 0 Å². The summed E-state index contributed by atoms with van der Waals surface area (Å²) in [7, 11) is 0. The van der Waals surface area contributed by atoms with Crippen LogP contribution in [0.3, 0.4) is 0 Å². The second kappa shape index (κ2) is 6.74. The number of ether oxygens (including phenoxy) is 1. The zero-order chi connectivity index (χ0) is 12.7. The number of carboxylic acid groups (broad SMARTS) is 1. The SMILES string of the molecule is CC(C)CCOc1ccc(C=CC(=O)[O-])cc1. The fraction of sp³-hybridized carbons (Fsp3) is 0.357. The normalized spacial score (nSPS) is 11.0. The highest BCUT2D eigenvalue weighted by Gasteiger charge is 1.96. The van der Waals surface area contributed by atoms with E-state index in [-0.39, 0.29) is 0 Å². The molecule has 1 aromatic carbocycles. The topological polar surface area (TPSA) is 49.4 Å². The summed E-state index contributed by atoms with van der Waals surface area (Å²) in [4.78, 5) is 10.2. The van der Waals surface area contributed by atoms with Gasteiger partial charge in [0.2, 0.25) is 0 Å². The fourth-order valence-electron chi connectivity index (χ4n) is 1.25. The van der Waals surface area contributed by atoms with Gasteiger partial charge in [-0.3, -0.25) is 0 Å². The van der Waals surface area contributed by atoms with Crippen LogP contribution >= 0.6 is 0 Å². The minimum absolute atomic E-state index is 0.625. The number of carbonyl (C=O) groups excluding carboxylic acids is 1. The zero-order valence-electron chi connectivity index (χ0n) is 10.2. The Hall–Kier alpha value is -1.77. The first-order valence-corrected chi connectivity index (χ1v) is 5.70. The fourth-order valence-corrected chi connectivity index (χ4v) is 1.25. The summed E-state index contributed by atoms with van der Waals surface area (Å²) in [5, 5.41) is 10.2. The quantitative estimate of drug-likeness (QED) is 0.705. The maximum atomic E-state index is 10.2. The van der Waals surface area contributed by atoms with Crippen molar-refractivity contribution < 1.29 is 14.6 Å². The number of rotatable bonds is 6. The van der Waals surface area contributed by atoms with Crippen molar-refractivity contribution in [1.29, 1.82) is 0 Å². The maximum absolute atomic E-state index is 10.2. The summed E-state index contributed by atoms with van der Waals surface area (Å²) in [5.41, 5.74) is 0.811. The lowest BCUT2D eigenvalue weighted by molar-refractivity contribution is -0.297. The Morgan fingerprint density at radius 1 is 1.35 bits per heavy atom. The van der Waals surface area contributed by atoms with Crippen LogP contribution in [0, 0.1) is 5.92 Å². The van der Waals surface area contributed by atoms with Crippen molar-refractivity contribution in [1.82, 2.24) is 0 Å². The molecular weight excluding hydrogens is 216 g/mol. The molecule has 0 N–H and O–H groups in total. The van der Waals surface area contributed by atoms with Gasteiger partial charge in [0.05, 0.1) is 12.6 Å². The van der Waals surface area contributed by atoms with Gasteiger partial charge in [-0.2, -0.15) is 0 Å². The average molecular weight is 233 g/mol. The van der Waals surface area contributed by atoms with E-state index >= 15 is 0 Å². The highest BCUT2D eigenvalue weighted by atomic mass is 16.5. The van der Waals surface area contributed by atoms with Crippen LogP contribution in [0.1, 0.15) is 25.8 Å². The summed E-state index contributed by atoms with van der Waals surface area (Å²) in [6.07, 6.45) is 3.52. The van der Waals surface area contributed by atoms with Crippen LogP contribution in [-0.4, -0.2) is 12.6 Å². The molecule has 0 radical (unpaired) electrons. The second-order valence-electron chi connectivity index (χ2n) is 4.25. The Morgan fingerprint density at radius 2 is 2.00 bits per heavy atom. The maximum Gasteiger partial charge on any atom is 0.119 e. The van der Waals surface area contributed by atoms with E-state index in [0.717, 1.165) is 23.8 Å². The van der Waals surface area contributed by atoms with E-state index in [0.29, 0.717) is 12.5 Å². The van der Waals surface area contributed by atoms with Crippen molar-refractivity contribution >= 4 is 12.0 Å². The highest BCUT2D eigenvalue weighted by Crippen LogP contribution is 2.14. The van der Waals surface area contributed by atoms with Gasteiger partial charge in [0.1, 0.15) is 5.75 Å². The molecule has 0 atom stereocenters. The molecule has 0 aliphatic carbocycles. The zero-order valence-corrected chi connectivity index (χ0v) is 10.2. The van der Waals surface area contributed by atoms with Gasteiger partial charge in [0.25, 0.3) is 0 Å². The van der Waals surface area contributed by atoms with Crippen LogP contribution in [0.2, 0.25) is 0 Å². The van der Waals surface area contributed by atoms with Gasteiger partial charge in [-0.25, -0.2) is 0 Å². The van der Waals surface area contributed by atoms with E-state index in [2.05, 4.69) is 13.8 Å². The van der Waals surface area contributed by atoms with Gasteiger partial charge >= 0.3 is 0 Å². The van der Waals surface area contributed by atoms with E-state index in [9.17, 15) is 9.90 Å². The number of aliphatic carboxylic acids is 1. The van der Waals surface area contributed by atoms with E-state index < -0.39 is 5.97 Å². The third-order valence-corrected chi connectivity index (χ3v) is 2.26. The molecule has 0 aromatic heterocycles. The molecule has 0 amide bonds. The lowest BCUT2D eigenvalue weighted by Gasteiger charge is -2.08. The molecule has 0 saturated carbocycles. The molecule has 0 unspecified atom stereocenters. The average Bonchev–Trinajstić information content (AvgIpc) is 2.27. The molecule has 1 rings (SSSR count). The van der Waals surface area contributed by atoms with Crippen LogP contribution in [0.15, 0.2) is 30.3 Å². The molecule has 0 aliphatic rings. The molecule has 0 heterocycles. The van der Waals surface area contributed by atoms with Crippen molar-refractivity contribution in [3.63, 3.8) is 0 Å².